The monoisotopic (exact) mass is 232 g/mol. The molecule has 2 N–H and O–H groups in total. The number of nitrogen functional groups attached to an aromatic ring is 1. The van der Waals surface area contributed by atoms with Gasteiger partial charge in [0.2, 0.25) is 0 Å². The zero-order chi connectivity index (χ0) is 12.8. The van der Waals surface area contributed by atoms with Crippen molar-refractivity contribution in [3.05, 3.63) is 34.9 Å². The van der Waals surface area contributed by atoms with Crippen LogP contribution in [0.25, 0.3) is 6.08 Å². The number of benzene rings is 1. The van der Waals surface area contributed by atoms with Crippen LogP contribution in [0.1, 0.15) is 30.0 Å². The van der Waals surface area contributed by atoms with Crippen LogP contribution in [-0.4, -0.2) is 25.5 Å². The van der Waals surface area contributed by atoms with Gasteiger partial charge < -0.3 is 10.6 Å². The third kappa shape index (κ3) is 3.90. The first-order chi connectivity index (χ1) is 8.06. The first kappa shape index (κ1) is 13.8. The van der Waals surface area contributed by atoms with Crippen molar-refractivity contribution in [3.8, 4) is 0 Å². The zero-order valence-corrected chi connectivity index (χ0v) is 11.5. The summed E-state index contributed by atoms with van der Waals surface area (Å²) in [5.41, 5.74) is 10.8. The predicted molar refractivity (Wildman–Crippen MR) is 77.2 cm³/mol. The van der Waals surface area contributed by atoms with Crippen molar-refractivity contribution in [1.82, 2.24) is 4.90 Å². The Balaban J connectivity index is 2.78. The lowest BCUT2D eigenvalue weighted by molar-refractivity contribution is 0.400. The van der Waals surface area contributed by atoms with Crippen molar-refractivity contribution < 1.29 is 0 Å². The number of anilines is 1. The van der Waals surface area contributed by atoms with Crippen LogP contribution >= 0.6 is 0 Å². The molecule has 0 radical (unpaired) electrons. The minimum absolute atomic E-state index is 0.922. The van der Waals surface area contributed by atoms with Crippen molar-refractivity contribution in [2.75, 3.05) is 26.4 Å². The van der Waals surface area contributed by atoms with Crippen LogP contribution in [0.3, 0.4) is 0 Å². The Labute approximate surface area is 105 Å². The molecule has 2 heteroatoms. The number of allylic oxidation sites excluding steroid dienone is 1. The summed E-state index contributed by atoms with van der Waals surface area (Å²) in [4.78, 5) is 2.22. The lowest BCUT2D eigenvalue weighted by Crippen LogP contribution is -2.13. The van der Waals surface area contributed by atoms with Gasteiger partial charge in [-0.2, -0.15) is 0 Å². The van der Waals surface area contributed by atoms with Gasteiger partial charge in [-0.05, 0) is 64.0 Å². The average Bonchev–Trinajstić information content (AvgIpc) is 2.28. The molecule has 0 spiro atoms. The summed E-state index contributed by atoms with van der Waals surface area (Å²) in [6.07, 6.45) is 6.36. The van der Waals surface area contributed by atoms with E-state index < -0.39 is 0 Å². The minimum atomic E-state index is 0.922. The van der Waals surface area contributed by atoms with E-state index in [-0.39, 0.29) is 0 Å². The third-order valence-corrected chi connectivity index (χ3v) is 3.06. The van der Waals surface area contributed by atoms with Gasteiger partial charge in [0.05, 0.1) is 0 Å². The molecule has 0 unspecified atom stereocenters. The number of rotatable bonds is 5. The maximum Gasteiger partial charge on any atom is 0.0420 e. The summed E-state index contributed by atoms with van der Waals surface area (Å²) in [6, 6.07) is 4.32. The van der Waals surface area contributed by atoms with E-state index in [2.05, 4.69) is 44.1 Å². The Morgan fingerprint density at radius 1 is 1.29 bits per heavy atom. The van der Waals surface area contributed by atoms with Crippen LogP contribution < -0.4 is 5.73 Å². The molecule has 94 valence electrons. The van der Waals surface area contributed by atoms with E-state index in [0.717, 1.165) is 24.2 Å². The molecule has 0 saturated heterocycles. The second kappa shape index (κ2) is 6.45. The molecule has 0 aliphatic heterocycles. The molecule has 1 aromatic carbocycles. The van der Waals surface area contributed by atoms with Crippen molar-refractivity contribution in [3.63, 3.8) is 0 Å². The molecule has 0 aromatic heterocycles. The Bertz CT molecular complexity index is 392. The van der Waals surface area contributed by atoms with Crippen LogP contribution in [-0.2, 0) is 6.42 Å². The normalized spacial score (nSPS) is 11.6. The number of nitrogens with two attached hydrogens (primary N) is 1. The van der Waals surface area contributed by atoms with Gasteiger partial charge >= 0.3 is 0 Å². The topological polar surface area (TPSA) is 29.3 Å². The number of hydrogen-bond acceptors (Lipinski definition) is 2. The molecule has 0 heterocycles. The maximum absolute atomic E-state index is 6.14. The fraction of sp³-hybridized carbons (Fsp3) is 0.467. The fourth-order valence-electron chi connectivity index (χ4n) is 1.98. The highest BCUT2D eigenvalue weighted by Crippen LogP contribution is 2.23. The largest absolute Gasteiger partial charge is 0.398 e. The molecule has 2 nitrogen and oxygen atoms in total. The van der Waals surface area contributed by atoms with Crippen molar-refractivity contribution in [2.24, 2.45) is 0 Å². The number of nitrogens with zero attached hydrogens (tertiary/aromatic N) is 1. The Kier molecular flexibility index (Phi) is 5.23. The smallest absolute Gasteiger partial charge is 0.0420 e. The van der Waals surface area contributed by atoms with Crippen molar-refractivity contribution >= 4 is 11.8 Å². The molecule has 0 saturated carbocycles. The summed E-state index contributed by atoms with van der Waals surface area (Å²) >= 11 is 0. The molecule has 0 aliphatic carbocycles. The van der Waals surface area contributed by atoms with E-state index in [1.807, 2.05) is 13.0 Å². The lowest BCUT2D eigenvalue weighted by atomic mass is 9.98. The second-order valence-electron chi connectivity index (χ2n) is 4.76. The van der Waals surface area contributed by atoms with Crippen LogP contribution in [0.4, 0.5) is 5.69 Å². The van der Waals surface area contributed by atoms with E-state index in [9.17, 15) is 0 Å². The maximum atomic E-state index is 6.14. The molecular formula is C15H24N2. The summed E-state index contributed by atoms with van der Waals surface area (Å²) in [5.74, 6) is 0. The quantitative estimate of drug-likeness (QED) is 0.790. The van der Waals surface area contributed by atoms with E-state index in [0.29, 0.717) is 0 Å². The zero-order valence-electron chi connectivity index (χ0n) is 11.5. The Hall–Kier alpha value is -1.28. The standard InChI is InChI=1S/C15H24N2/c1-5-7-14-10-9-13(12(2)15(14)16)8-6-11-17(3)4/h5,7,9-10H,6,8,11,16H2,1-4H3/b7-5-. The molecule has 0 aliphatic rings. The SMILES string of the molecule is C/C=C\c1ccc(CCCN(C)C)c(C)c1N. The van der Waals surface area contributed by atoms with Gasteiger partial charge in [0, 0.05) is 5.69 Å². The van der Waals surface area contributed by atoms with Crippen molar-refractivity contribution in [2.45, 2.75) is 26.7 Å². The molecule has 0 atom stereocenters. The van der Waals surface area contributed by atoms with Crippen LogP contribution in [0, 0.1) is 6.92 Å². The van der Waals surface area contributed by atoms with E-state index in [1.54, 1.807) is 0 Å². The molecule has 0 fully saturated rings. The Morgan fingerprint density at radius 2 is 2.00 bits per heavy atom. The summed E-state index contributed by atoms with van der Waals surface area (Å²) in [6.45, 7) is 5.25. The molecule has 0 amide bonds. The van der Waals surface area contributed by atoms with Gasteiger partial charge in [-0.1, -0.05) is 24.3 Å². The van der Waals surface area contributed by atoms with E-state index in [4.69, 9.17) is 5.73 Å². The average molecular weight is 232 g/mol. The van der Waals surface area contributed by atoms with Gasteiger partial charge in [-0.25, -0.2) is 0 Å². The van der Waals surface area contributed by atoms with Crippen LogP contribution in [0.5, 0.6) is 0 Å². The predicted octanol–water partition coefficient (Wildman–Crippen LogP) is 3.10. The summed E-state index contributed by atoms with van der Waals surface area (Å²) in [5, 5.41) is 0. The van der Waals surface area contributed by atoms with Crippen molar-refractivity contribution in [1.29, 1.82) is 0 Å². The van der Waals surface area contributed by atoms with Gasteiger partial charge in [0.25, 0.3) is 0 Å². The van der Waals surface area contributed by atoms with E-state index >= 15 is 0 Å². The highest BCUT2D eigenvalue weighted by molar-refractivity contribution is 5.68. The van der Waals surface area contributed by atoms with Gasteiger partial charge in [-0.3, -0.25) is 0 Å². The van der Waals surface area contributed by atoms with Gasteiger partial charge in [0.15, 0.2) is 0 Å². The van der Waals surface area contributed by atoms with E-state index in [1.165, 1.54) is 17.5 Å². The molecule has 1 rings (SSSR count). The molecule has 1 aromatic rings. The highest BCUT2D eigenvalue weighted by atomic mass is 15.0. The summed E-state index contributed by atoms with van der Waals surface area (Å²) < 4.78 is 0. The highest BCUT2D eigenvalue weighted by Gasteiger charge is 2.05. The minimum Gasteiger partial charge on any atom is -0.398 e. The first-order valence-corrected chi connectivity index (χ1v) is 6.21. The number of aryl methyl sites for hydroxylation is 1. The number of hydrogen-bond donors (Lipinski definition) is 1. The summed E-state index contributed by atoms with van der Waals surface area (Å²) in [7, 11) is 4.21. The van der Waals surface area contributed by atoms with Gasteiger partial charge in [0.1, 0.15) is 0 Å². The lowest BCUT2D eigenvalue weighted by Gasteiger charge is -2.13. The fourth-order valence-corrected chi connectivity index (χ4v) is 1.98. The second-order valence-corrected chi connectivity index (χ2v) is 4.76. The molecule has 0 bridgehead atoms. The third-order valence-electron chi connectivity index (χ3n) is 3.06. The molecular weight excluding hydrogens is 208 g/mol. The van der Waals surface area contributed by atoms with Crippen LogP contribution in [0.2, 0.25) is 0 Å². The molecule has 17 heavy (non-hydrogen) atoms. The Morgan fingerprint density at radius 3 is 2.59 bits per heavy atom. The van der Waals surface area contributed by atoms with Crippen LogP contribution in [0.15, 0.2) is 18.2 Å². The van der Waals surface area contributed by atoms with Gasteiger partial charge in [-0.15, -0.1) is 0 Å². The first-order valence-electron chi connectivity index (χ1n) is 6.21.